The van der Waals surface area contributed by atoms with Gasteiger partial charge in [-0.3, -0.25) is 9.78 Å². The van der Waals surface area contributed by atoms with Crippen LogP contribution in [0, 0.1) is 34.5 Å². The van der Waals surface area contributed by atoms with Gasteiger partial charge in [0.15, 0.2) is 0 Å². The number of fused-ring (bicyclic) bond motifs is 5. The third kappa shape index (κ3) is 2.23. The molecule has 138 valence electrons. The van der Waals surface area contributed by atoms with Crippen LogP contribution in [0.25, 0.3) is 5.57 Å². The third-order valence-electron chi connectivity index (χ3n) is 9.04. The number of allylic oxidation sites excluding steroid dienone is 2. The van der Waals surface area contributed by atoms with Crippen LogP contribution in [-0.4, -0.2) is 10.8 Å². The summed E-state index contributed by atoms with van der Waals surface area (Å²) >= 11 is 0. The average Bonchev–Trinajstić information content (AvgIpc) is 3.00. The van der Waals surface area contributed by atoms with Gasteiger partial charge < -0.3 is 0 Å². The fourth-order valence-electron chi connectivity index (χ4n) is 7.58. The molecule has 1 unspecified atom stereocenters. The fraction of sp³-hybridized carbons (Fsp3) is 0.667. The van der Waals surface area contributed by atoms with E-state index in [9.17, 15) is 4.79 Å². The van der Waals surface area contributed by atoms with E-state index in [-0.39, 0.29) is 0 Å². The van der Waals surface area contributed by atoms with Gasteiger partial charge in [0.1, 0.15) is 5.78 Å². The summed E-state index contributed by atoms with van der Waals surface area (Å²) in [6, 6.07) is 4.31. The van der Waals surface area contributed by atoms with Gasteiger partial charge >= 0.3 is 0 Å². The summed E-state index contributed by atoms with van der Waals surface area (Å²) in [6.45, 7) is 5.06. The van der Waals surface area contributed by atoms with Crippen molar-refractivity contribution < 1.29 is 4.79 Å². The summed E-state index contributed by atoms with van der Waals surface area (Å²) in [5.74, 6) is 3.63. The highest BCUT2D eigenvalue weighted by atomic mass is 16.1. The zero-order chi connectivity index (χ0) is 17.9. The topological polar surface area (TPSA) is 30.0 Å². The van der Waals surface area contributed by atoms with Crippen LogP contribution in [0.3, 0.4) is 0 Å². The number of hydrogen-bond acceptors (Lipinski definition) is 2. The summed E-state index contributed by atoms with van der Waals surface area (Å²) in [4.78, 5) is 16.4. The Hall–Kier alpha value is -1.44. The van der Waals surface area contributed by atoms with E-state index in [0.29, 0.717) is 22.5 Å². The molecule has 3 fully saturated rings. The van der Waals surface area contributed by atoms with E-state index in [2.05, 4.69) is 43.2 Å². The summed E-state index contributed by atoms with van der Waals surface area (Å²) < 4.78 is 0. The van der Waals surface area contributed by atoms with Crippen LogP contribution in [0.1, 0.15) is 70.8 Å². The molecule has 5 rings (SSSR count). The molecular formula is C24H31NO. The maximum Gasteiger partial charge on any atom is 0.133 e. The standard InChI is InChI=1S/C24H31NO/c1-23-11-9-18(26)14-17(23)5-6-19-21-8-7-20(16-4-3-13-25-15-16)24(21,2)12-10-22(19)23/h3-4,7,13,15,17,19,21-22H,5-6,8-12,14H2,1-2H3/t17?,19-,21-,22+,23-,24+/m0/s1. The minimum atomic E-state index is 0.317. The third-order valence-corrected chi connectivity index (χ3v) is 9.04. The predicted molar refractivity (Wildman–Crippen MR) is 104 cm³/mol. The Labute approximate surface area is 157 Å². The van der Waals surface area contributed by atoms with Crippen LogP contribution in [0.4, 0.5) is 0 Å². The van der Waals surface area contributed by atoms with E-state index >= 15 is 0 Å². The van der Waals surface area contributed by atoms with Crippen LogP contribution in [0.5, 0.6) is 0 Å². The zero-order valence-corrected chi connectivity index (χ0v) is 16.2. The number of ketones is 1. The molecule has 1 aromatic heterocycles. The summed E-state index contributed by atoms with van der Waals surface area (Å²) in [7, 11) is 0. The van der Waals surface area contributed by atoms with E-state index in [1.54, 1.807) is 5.57 Å². The second-order valence-corrected chi connectivity index (χ2v) is 9.95. The average molecular weight is 350 g/mol. The Bertz CT molecular complexity index is 753. The highest BCUT2D eigenvalue weighted by Crippen LogP contribution is 2.67. The van der Waals surface area contributed by atoms with Gasteiger partial charge in [0.2, 0.25) is 0 Å². The van der Waals surface area contributed by atoms with Crippen molar-refractivity contribution in [3.8, 4) is 0 Å². The van der Waals surface area contributed by atoms with Gasteiger partial charge in [-0.15, -0.1) is 0 Å². The molecule has 0 spiro atoms. The van der Waals surface area contributed by atoms with Crippen LogP contribution < -0.4 is 0 Å². The molecule has 0 radical (unpaired) electrons. The first-order chi connectivity index (χ1) is 12.5. The molecule has 1 aromatic rings. The first-order valence-corrected chi connectivity index (χ1v) is 10.6. The Morgan fingerprint density at radius 3 is 2.81 bits per heavy atom. The molecule has 2 nitrogen and oxygen atoms in total. The van der Waals surface area contributed by atoms with Crippen molar-refractivity contribution in [3.63, 3.8) is 0 Å². The van der Waals surface area contributed by atoms with E-state index in [0.717, 1.165) is 37.0 Å². The maximum atomic E-state index is 12.0. The van der Waals surface area contributed by atoms with Gasteiger partial charge in [0, 0.05) is 25.2 Å². The molecule has 0 saturated heterocycles. The molecule has 0 aliphatic heterocycles. The van der Waals surface area contributed by atoms with Crippen LogP contribution >= 0.6 is 0 Å². The second-order valence-electron chi connectivity index (χ2n) is 9.95. The molecule has 0 bridgehead atoms. The van der Waals surface area contributed by atoms with E-state index in [4.69, 9.17) is 0 Å². The quantitative estimate of drug-likeness (QED) is 0.652. The molecule has 0 N–H and O–H groups in total. The zero-order valence-electron chi connectivity index (χ0n) is 16.2. The first kappa shape index (κ1) is 16.7. The van der Waals surface area contributed by atoms with Crippen molar-refractivity contribution >= 4 is 11.4 Å². The summed E-state index contributed by atoms with van der Waals surface area (Å²) in [5, 5.41) is 0. The lowest BCUT2D eigenvalue weighted by Gasteiger charge is -2.60. The number of carbonyl (C=O) groups is 1. The molecule has 26 heavy (non-hydrogen) atoms. The number of Topliss-reactive ketones (excluding diaryl/α,β-unsaturated/α-hetero) is 1. The Morgan fingerprint density at radius 1 is 1.12 bits per heavy atom. The SMILES string of the molecule is C[C@]12CCC(=O)CC1CC[C@@H]1[C@H]2CC[C@]2(C)C(c3cccnc3)=CC[C@@H]12. The molecule has 4 aliphatic rings. The number of hydrogen-bond donors (Lipinski definition) is 0. The predicted octanol–water partition coefficient (Wildman–Crippen LogP) is 5.69. The van der Waals surface area contributed by atoms with Gasteiger partial charge in [-0.05, 0) is 90.2 Å². The number of carbonyl (C=O) groups excluding carboxylic acids is 1. The molecule has 2 heteroatoms. The first-order valence-electron chi connectivity index (χ1n) is 10.6. The highest BCUT2D eigenvalue weighted by Gasteiger charge is 2.58. The molecule has 0 aromatic carbocycles. The monoisotopic (exact) mass is 349 g/mol. The minimum Gasteiger partial charge on any atom is -0.300 e. The lowest BCUT2D eigenvalue weighted by atomic mass is 9.44. The van der Waals surface area contributed by atoms with Crippen molar-refractivity contribution in [2.24, 2.45) is 34.5 Å². The highest BCUT2D eigenvalue weighted by molar-refractivity contribution is 5.79. The Kier molecular flexibility index (Phi) is 3.71. The Morgan fingerprint density at radius 2 is 2.00 bits per heavy atom. The normalized spacial score (nSPS) is 44.7. The van der Waals surface area contributed by atoms with E-state index in [1.165, 1.54) is 37.7 Å². The molecule has 4 aliphatic carbocycles. The van der Waals surface area contributed by atoms with Gasteiger partial charge in [0.05, 0.1) is 0 Å². The smallest absolute Gasteiger partial charge is 0.133 e. The van der Waals surface area contributed by atoms with Crippen molar-refractivity contribution in [1.82, 2.24) is 4.98 Å². The van der Waals surface area contributed by atoms with E-state index in [1.807, 2.05) is 6.20 Å². The molecule has 1 heterocycles. The molecule has 0 amide bonds. The van der Waals surface area contributed by atoms with Gasteiger partial charge in [-0.1, -0.05) is 26.0 Å². The number of pyridine rings is 1. The largest absolute Gasteiger partial charge is 0.300 e. The second kappa shape index (κ2) is 5.78. The van der Waals surface area contributed by atoms with E-state index < -0.39 is 0 Å². The summed E-state index contributed by atoms with van der Waals surface area (Å²) in [6.07, 6.45) is 15.8. The van der Waals surface area contributed by atoms with Gasteiger partial charge in [0.25, 0.3) is 0 Å². The number of aromatic nitrogens is 1. The molecule has 3 saturated carbocycles. The van der Waals surface area contributed by atoms with Crippen molar-refractivity contribution in [2.75, 3.05) is 0 Å². The van der Waals surface area contributed by atoms with Crippen LogP contribution in [0.15, 0.2) is 30.6 Å². The maximum absolute atomic E-state index is 12.0. The molecular weight excluding hydrogens is 318 g/mol. The molecule has 6 atom stereocenters. The number of rotatable bonds is 1. The Balaban J connectivity index is 1.45. The fourth-order valence-corrected chi connectivity index (χ4v) is 7.58. The van der Waals surface area contributed by atoms with Crippen molar-refractivity contribution in [1.29, 1.82) is 0 Å². The minimum absolute atomic E-state index is 0.317. The van der Waals surface area contributed by atoms with Crippen molar-refractivity contribution in [3.05, 3.63) is 36.2 Å². The van der Waals surface area contributed by atoms with Crippen LogP contribution in [-0.2, 0) is 4.79 Å². The lowest BCUT2D eigenvalue weighted by molar-refractivity contribution is -0.136. The summed E-state index contributed by atoms with van der Waals surface area (Å²) in [5.41, 5.74) is 3.62. The number of nitrogens with zero attached hydrogens (tertiary/aromatic N) is 1. The van der Waals surface area contributed by atoms with Gasteiger partial charge in [-0.25, -0.2) is 0 Å². The lowest BCUT2D eigenvalue weighted by Crippen LogP contribution is -2.53. The van der Waals surface area contributed by atoms with Gasteiger partial charge in [-0.2, -0.15) is 0 Å². The van der Waals surface area contributed by atoms with Crippen LogP contribution in [0.2, 0.25) is 0 Å². The van der Waals surface area contributed by atoms with Crippen molar-refractivity contribution in [2.45, 2.75) is 65.2 Å².